The molecule has 2 aromatic rings. The van der Waals surface area contributed by atoms with Gasteiger partial charge >= 0.3 is 0 Å². The van der Waals surface area contributed by atoms with E-state index in [9.17, 15) is 0 Å². The van der Waals surface area contributed by atoms with E-state index in [4.69, 9.17) is 9.84 Å². The summed E-state index contributed by atoms with van der Waals surface area (Å²) < 4.78 is 10.6. The van der Waals surface area contributed by atoms with E-state index in [-0.39, 0.29) is 0 Å². The highest BCUT2D eigenvalue weighted by Gasteiger charge is 2.36. The second kappa shape index (κ2) is 9.31. The van der Waals surface area contributed by atoms with Crippen LogP contribution in [0, 0.1) is 0 Å². The number of hydrogen-bond acceptors (Lipinski definition) is 3. The van der Waals surface area contributed by atoms with Crippen LogP contribution >= 0.6 is 31.9 Å². The maximum atomic E-state index is 5.90. The lowest BCUT2D eigenvalue weighted by Crippen LogP contribution is -2.22. The molecule has 2 heterocycles. The van der Waals surface area contributed by atoms with Gasteiger partial charge in [-0.05, 0) is 89.3 Å². The molecule has 32 heavy (non-hydrogen) atoms. The zero-order valence-corrected chi connectivity index (χ0v) is 23.8. The van der Waals surface area contributed by atoms with E-state index in [2.05, 4.69) is 66.4 Å². The summed E-state index contributed by atoms with van der Waals surface area (Å²) in [6.07, 6.45) is 10.6. The van der Waals surface area contributed by atoms with Gasteiger partial charge in [-0.25, -0.2) is 4.68 Å². The molecular formula is C24H36Br2N4OSi. The molecule has 176 valence electrons. The molecular weight excluding hydrogens is 548 g/mol. The van der Waals surface area contributed by atoms with Crippen LogP contribution in [0.2, 0.25) is 25.7 Å². The molecule has 4 aliphatic carbocycles. The van der Waals surface area contributed by atoms with E-state index in [1.54, 1.807) is 0 Å². The molecule has 4 aliphatic rings. The fourth-order valence-corrected chi connectivity index (χ4v) is 6.60. The molecule has 0 atom stereocenters. The van der Waals surface area contributed by atoms with Crippen LogP contribution in [0.25, 0.3) is 0 Å². The Balaban J connectivity index is 0.000000152. The van der Waals surface area contributed by atoms with Gasteiger partial charge in [0.25, 0.3) is 0 Å². The van der Waals surface area contributed by atoms with Crippen molar-refractivity contribution in [3.8, 4) is 0 Å². The van der Waals surface area contributed by atoms with Gasteiger partial charge in [0.2, 0.25) is 0 Å². The molecule has 0 amide bonds. The molecule has 6 rings (SSSR count). The fourth-order valence-electron chi connectivity index (χ4n) is 4.09. The molecule has 0 bridgehead atoms. The van der Waals surface area contributed by atoms with Crippen molar-refractivity contribution in [3.63, 3.8) is 0 Å². The number of nitrogens with zero attached hydrogens (tertiary/aromatic N) is 3. The molecule has 2 aromatic heterocycles. The lowest BCUT2D eigenvalue weighted by atomic mass is 10.2. The highest BCUT2D eigenvalue weighted by Crippen LogP contribution is 2.50. The van der Waals surface area contributed by atoms with Gasteiger partial charge in [-0.15, -0.1) is 0 Å². The number of rotatable bonds is 9. The van der Waals surface area contributed by atoms with Crippen LogP contribution in [0.1, 0.15) is 97.8 Å². The van der Waals surface area contributed by atoms with Crippen LogP contribution in [0.4, 0.5) is 0 Å². The second-order valence-corrected chi connectivity index (χ2v) is 18.6. The lowest BCUT2D eigenvalue weighted by Gasteiger charge is -2.15. The van der Waals surface area contributed by atoms with Gasteiger partial charge in [0.05, 0.1) is 31.7 Å². The predicted octanol–water partition coefficient (Wildman–Crippen LogP) is 7.64. The molecule has 0 saturated heterocycles. The number of ether oxygens (including phenoxy) is 1. The molecule has 0 aliphatic heterocycles. The Hall–Kier alpha value is -0.443. The summed E-state index contributed by atoms with van der Waals surface area (Å²) in [6.45, 7) is 8.67. The lowest BCUT2D eigenvalue weighted by molar-refractivity contribution is 0.0761. The summed E-state index contributed by atoms with van der Waals surface area (Å²) in [5.41, 5.74) is 5.29. The average Bonchev–Trinajstić information content (AvgIpc) is 3.60. The molecule has 8 heteroatoms. The predicted molar refractivity (Wildman–Crippen MR) is 138 cm³/mol. The third-order valence-corrected chi connectivity index (χ3v) is 10.2. The summed E-state index contributed by atoms with van der Waals surface area (Å²) in [7, 11) is -0.996. The standard InChI is InChI=1S/C15H25BrN2OSi.C9H11BrN2/c1-20(2,3)9-8-19-10-18-15(12-6-7-12)13(16)14(17-18)11-4-5-11;10-7-8(5-1-2-5)11-12-9(7)6-3-4-6/h11-12H,4-10H2,1-3H3;5-6H,1-4H2,(H,11,12). The van der Waals surface area contributed by atoms with Crippen molar-refractivity contribution in [1.29, 1.82) is 0 Å². The SMILES string of the molecule is Brc1c(C2CC2)n[nH]c1C1CC1.C[Si](C)(C)CCOCn1nc(C2CC2)c(Br)c1C1CC1. The van der Waals surface area contributed by atoms with E-state index < -0.39 is 8.07 Å². The van der Waals surface area contributed by atoms with E-state index in [1.807, 2.05) is 0 Å². The van der Waals surface area contributed by atoms with Crippen molar-refractivity contribution >= 4 is 39.9 Å². The van der Waals surface area contributed by atoms with E-state index in [0.717, 1.165) is 18.4 Å². The zero-order chi connectivity index (χ0) is 22.5. The van der Waals surface area contributed by atoms with Crippen molar-refractivity contribution in [2.24, 2.45) is 0 Å². The Morgan fingerprint density at radius 3 is 2.03 bits per heavy atom. The smallest absolute Gasteiger partial charge is 0.139 e. The first-order chi connectivity index (χ1) is 15.3. The van der Waals surface area contributed by atoms with Crippen LogP contribution in [-0.4, -0.2) is 34.7 Å². The number of halogens is 2. The summed E-state index contributed by atoms with van der Waals surface area (Å²) in [4.78, 5) is 0. The average molecular weight is 584 g/mol. The molecule has 0 spiro atoms. The maximum absolute atomic E-state index is 5.90. The summed E-state index contributed by atoms with van der Waals surface area (Å²) in [5, 5.41) is 12.4. The first-order valence-corrected chi connectivity index (χ1v) is 17.7. The molecule has 1 N–H and O–H groups in total. The minimum atomic E-state index is -0.996. The Morgan fingerprint density at radius 1 is 0.875 bits per heavy atom. The quantitative estimate of drug-likeness (QED) is 0.244. The number of aromatic nitrogens is 4. The largest absolute Gasteiger partial charge is 0.360 e. The fraction of sp³-hybridized carbons (Fsp3) is 0.750. The van der Waals surface area contributed by atoms with Crippen molar-refractivity contribution in [2.45, 2.75) is 107 Å². The highest BCUT2D eigenvalue weighted by molar-refractivity contribution is 9.10. The third kappa shape index (κ3) is 5.78. The Bertz CT molecular complexity index is 921. The van der Waals surface area contributed by atoms with Gasteiger partial charge in [-0.1, -0.05) is 19.6 Å². The van der Waals surface area contributed by atoms with Crippen molar-refractivity contribution in [2.75, 3.05) is 6.61 Å². The molecule has 5 nitrogen and oxygen atoms in total. The van der Waals surface area contributed by atoms with Crippen LogP contribution in [0.5, 0.6) is 0 Å². The Labute approximate surface area is 209 Å². The second-order valence-electron chi connectivity index (χ2n) is 11.4. The van der Waals surface area contributed by atoms with E-state index >= 15 is 0 Å². The van der Waals surface area contributed by atoms with Crippen molar-refractivity contribution < 1.29 is 4.74 Å². The first-order valence-electron chi connectivity index (χ1n) is 12.4. The van der Waals surface area contributed by atoms with Gasteiger partial charge in [-0.3, -0.25) is 5.10 Å². The first kappa shape index (κ1) is 23.3. The maximum Gasteiger partial charge on any atom is 0.139 e. The summed E-state index contributed by atoms with van der Waals surface area (Å²) in [5.74, 6) is 2.94. The van der Waals surface area contributed by atoms with E-state index in [0.29, 0.717) is 18.6 Å². The minimum Gasteiger partial charge on any atom is -0.360 e. The molecule has 0 aromatic carbocycles. The Morgan fingerprint density at radius 2 is 1.47 bits per heavy atom. The van der Waals surface area contributed by atoms with Crippen LogP contribution in [0.15, 0.2) is 8.95 Å². The van der Waals surface area contributed by atoms with Crippen molar-refractivity contribution in [3.05, 3.63) is 31.7 Å². The van der Waals surface area contributed by atoms with Gasteiger partial charge in [0.15, 0.2) is 0 Å². The number of aromatic amines is 1. The Kier molecular flexibility index (Phi) is 6.78. The molecule has 0 radical (unpaired) electrons. The summed E-state index contributed by atoms with van der Waals surface area (Å²) >= 11 is 7.43. The van der Waals surface area contributed by atoms with Gasteiger partial charge in [0.1, 0.15) is 6.73 Å². The van der Waals surface area contributed by atoms with Gasteiger partial charge in [0, 0.05) is 38.4 Å². The molecule has 0 unspecified atom stereocenters. The monoisotopic (exact) mass is 582 g/mol. The van der Waals surface area contributed by atoms with Gasteiger partial charge < -0.3 is 4.74 Å². The zero-order valence-electron chi connectivity index (χ0n) is 19.6. The normalized spacial score (nSPS) is 20.9. The van der Waals surface area contributed by atoms with E-state index in [1.165, 1.54) is 89.1 Å². The highest BCUT2D eigenvalue weighted by atomic mass is 79.9. The van der Waals surface area contributed by atoms with Crippen LogP contribution < -0.4 is 0 Å². The van der Waals surface area contributed by atoms with Crippen LogP contribution in [0.3, 0.4) is 0 Å². The topological polar surface area (TPSA) is 55.7 Å². The van der Waals surface area contributed by atoms with Gasteiger partial charge in [-0.2, -0.15) is 10.2 Å². The molecule has 4 saturated carbocycles. The summed E-state index contributed by atoms with van der Waals surface area (Å²) in [6, 6.07) is 1.23. The number of nitrogens with one attached hydrogen (secondary N) is 1. The number of hydrogen-bond donors (Lipinski definition) is 1. The number of H-pyrrole nitrogens is 1. The molecule has 4 fully saturated rings. The van der Waals surface area contributed by atoms with Crippen molar-refractivity contribution in [1.82, 2.24) is 20.0 Å². The third-order valence-electron chi connectivity index (χ3n) is 6.80. The minimum absolute atomic E-state index is 0.627. The van der Waals surface area contributed by atoms with Crippen LogP contribution in [-0.2, 0) is 11.5 Å².